The Morgan fingerprint density at radius 2 is 2.42 bits per heavy atom. The monoisotopic (exact) mass is 281 g/mol. The zero-order chi connectivity index (χ0) is 13.5. The van der Waals surface area contributed by atoms with Crippen LogP contribution in [0.4, 0.5) is 0 Å². The summed E-state index contributed by atoms with van der Waals surface area (Å²) in [5, 5.41) is 5.00. The number of carbonyl (C=O) groups is 1. The number of thiophene rings is 1. The fourth-order valence-electron chi connectivity index (χ4n) is 2.55. The minimum Gasteiger partial charge on any atom is -0.351 e. The number of piperidine rings is 1. The number of hydrogen-bond acceptors (Lipinski definition) is 4. The van der Waals surface area contributed by atoms with E-state index in [2.05, 4.69) is 10.2 Å². The van der Waals surface area contributed by atoms with Crippen molar-refractivity contribution in [2.45, 2.75) is 38.3 Å². The van der Waals surface area contributed by atoms with Gasteiger partial charge in [0.1, 0.15) is 0 Å². The maximum Gasteiger partial charge on any atom is 0.221 e. The standard InChI is InChI=1S/C14H23N3OS/c15-10-12-4-1-2-7-17(12)8-6-14(18)16-11-13-5-3-9-19-13/h3,5,9,12H,1-2,4,6-8,10-11,15H2,(H,16,18)/t12-/m0/s1. The van der Waals surface area contributed by atoms with Crippen LogP contribution in [0.5, 0.6) is 0 Å². The molecule has 19 heavy (non-hydrogen) atoms. The van der Waals surface area contributed by atoms with Crippen LogP contribution in [0.3, 0.4) is 0 Å². The Balaban J connectivity index is 1.67. The van der Waals surface area contributed by atoms with Crippen LogP contribution in [0.1, 0.15) is 30.6 Å². The van der Waals surface area contributed by atoms with Crippen molar-refractivity contribution in [3.63, 3.8) is 0 Å². The molecule has 0 spiro atoms. The molecule has 1 saturated heterocycles. The second kappa shape index (κ2) is 7.62. The fourth-order valence-corrected chi connectivity index (χ4v) is 3.20. The lowest BCUT2D eigenvalue weighted by Gasteiger charge is -2.34. The third kappa shape index (κ3) is 4.60. The molecule has 1 aromatic rings. The molecule has 1 atom stereocenters. The Bertz CT molecular complexity index is 380. The summed E-state index contributed by atoms with van der Waals surface area (Å²) in [6, 6.07) is 4.52. The molecule has 4 nitrogen and oxygen atoms in total. The molecule has 0 saturated carbocycles. The van der Waals surface area contributed by atoms with Crippen molar-refractivity contribution < 1.29 is 4.79 Å². The summed E-state index contributed by atoms with van der Waals surface area (Å²) in [5.74, 6) is 0.134. The number of rotatable bonds is 6. The van der Waals surface area contributed by atoms with Gasteiger partial charge in [-0.1, -0.05) is 12.5 Å². The Hall–Kier alpha value is -0.910. The van der Waals surface area contributed by atoms with Crippen molar-refractivity contribution in [2.75, 3.05) is 19.6 Å². The summed E-state index contributed by atoms with van der Waals surface area (Å²) in [6.07, 6.45) is 4.24. The van der Waals surface area contributed by atoms with E-state index >= 15 is 0 Å². The summed E-state index contributed by atoms with van der Waals surface area (Å²) in [7, 11) is 0. The van der Waals surface area contributed by atoms with Gasteiger partial charge in [0.2, 0.25) is 5.91 Å². The molecule has 1 aromatic heterocycles. The highest BCUT2D eigenvalue weighted by Crippen LogP contribution is 2.16. The number of amides is 1. The maximum atomic E-state index is 11.8. The molecule has 1 aliphatic heterocycles. The average Bonchev–Trinajstić information content (AvgIpc) is 2.96. The maximum absolute atomic E-state index is 11.8. The number of likely N-dealkylation sites (tertiary alicyclic amines) is 1. The van der Waals surface area contributed by atoms with Gasteiger partial charge in [0.25, 0.3) is 0 Å². The molecule has 0 aliphatic carbocycles. The van der Waals surface area contributed by atoms with E-state index in [4.69, 9.17) is 5.73 Å². The minimum absolute atomic E-state index is 0.134. The molecule has 1 amide bonds. The Labute approximate surface area is 119 Å². The molecule has 0 aromatic carbocycles. The Kier molecular flexibility index (Phi) is 5.82. The molecule has 0 bridgehead atoms. The van der Waals surface area contributed by atoms with Gasteiger partial charge in [0.15, 0.2) is 0 Å². The van der Waals surface area contributed by atoms with E-state index in [0.717, 1.165) is 13.1 Å². The quantitative estimate of drug-likeness (QED) is 0.832. The van der Waals surface area contributed by atoms with E-state index < -0.39 is 0 Å². The van der Waals surface area contributed by atoms with Crippen molar-refractivity contribution in [3.05, 3.63) is 22.4 Å². The van der Waals surface area contributed by atoms with Crippen LogP contribution in [0, 0.1) is 0 Å². The number of nitrogens with one attached hydrogen (secondary N) is 1. The van der Waals surface area contributed by atoms with E-state index in [1.807, 2.05) is 17.5 Å². The number of carbonyl (C=O) groups excluding carboxylic acids is 1. The van der Waals surface area contributed by atoms with Crippen molar-refractivity contribution in [1.29, 1.82) is 0 Å². The molecule has 2 rings (SSSR count). The topological polar surface area (TPSA) is 58.4 Å². The van der Waals surface area contributed by atoms with Gasteiger partial charge in [0.05, 0.1) is 6.54 Å². The molecular formula is C14H23N3OS. The van der Waals surface area contributed by atoms with Crippen LogP contribution >= 0.6 is 11.3 Å². The first-order valence-electron chi connectivity index (χ1n) is 7.03. The third-order valence-electron chi connectivity index (χ3n) is 3.69. The van der Waals surface area contributed by atoms with Crippen molar-refractivity contribution >= 4 is 17.2 Å². The third-order valence-corrected chi connectivity index (χ3v) is 4.56. The first-order chi connectivity index (χ1) is 9.29. The SMILES string of the molecule is NC[C@@H]1CCCCN1CCC(=O)NCc1cccs1. The van der Waals surface area contributed by atoms with E-state index in [1.165, 1.54) is 24.1 Å². The first-order valence-corrected chi connectivity index (χ1v) is 7.91. The highest BCUT2D eigenvalue weighted by Gasteiger charge is 2.21. The lowest BCUT2D eigenvalue weighted by Crippen LogP contribution is -2.45. The number of nitrogens with two attached hydrogens (primary N) is 1. The summed E-state index contributed by atoms with van der Waals surface area (Å²) >= 11 is 1.67. The van der Waals surface area contributed by atoms with Crippen molar-refractivity contribution in [2.24, 2.45) is 5.73 Å². The van der Waals surface area contributed by atoms with Crippen LogP contribution < -0.4 is 11.1 Å². The molecule has 0 radical (unpaired) electrons. The smallest absolute Gasteiger partial charge is 0.221 e. The predicted molar refractivity (Wildman–Crippen MR) is 79.0 cm³/mol. The van der Waals surface area contributed by atoms with Gasteiger partial charge in [-0.2, -0.15) is 0 Å². The van der Waals surface area contributed by atoms with Gasteiger partial charge >= 0.3 is 0 Å². The minimum atomic E-state index is 0.134. The van der Waals surface area contributed by atoms with Gasteiger partial charge in [0, 0.05) is 30.4 Å². The summed E-state index contributed by atoms with van der Waals surface area (Å²) in [5.41, 5.74) is 5.78. The lowest BCUT2D eigenvalue weighted by atomic mass is 10.0. The highest BCUT2D eigenvalue weighted by atomic mass is 32.1. The molecule has 2 heterocycles. The largest absolute Gasteiger partial charge is 0.351 e. The molecule has 106 valence electrons. The molecular weight excluding hydrogens is 258 g/mol. The molecule has 0 unspecified atom stereocenters. The second-order valence-electron chi connectivity index (χ2n) is 5.03. The molecule has 1 fully saturated rings. The second-order valence-corrected chi connectivity index (χ2v) is 6.06. The molecule has 3 N–H and O–H groups in total. The fraction of sp³-hybridized carbons (Fsp3) is 0.643. The van der Waals surface area contributed by atoms with Crippen molar-refractivity contribution in [1.82, 2.24) is 10.2 Å². The van der Waals surface area contributed by atoms with Crippen LogP contribution in [-0.4, -0.2) is 36.5 Å². The van der Waals surface area contributed by atoms with E-state index in [-0.39, 0.29) is 5.91 Å². The van der Waals surface area contributed by atoms with E-state index in [0.29, 0.717) is 25.6 Å². The summed E-state index contributed by atoms with van der Waals surface area (Å²) < 4.78 is 0. The number of nitrogens with zero attached hydrogens (tertiary/aromatic N) is 1. The van der Waals surface area contributed by atoms with Gasteiger partial charge in [-0.3, -0.25) is 9.69 Å². The number of hydrogen-bond donors (Lipinski definition) is 2. The van der Waals surface area contributed by atoms with Crippen LogP contribution in [0.25, 0.3) is 0 Å². The van der Waals surface area contributed by atoms with Crippen LogP contribution in [0.15, 0.2) is 17.5 Å². The molecule has 1 aliphatic rings. The zero-order valence-corrected chi connectivity index (χ0v) is 12.1. The van der Waals surface area contributed by atoms with E-state index in [1.54, 1.807) is 11.3 Å². The summed E-state index contributed by atoms with van der Waals surface area (Å²) in [4.78, 5) is 15.4. The van der Waals surface area contributed by atoms with E-state index in [9.17, 15) is 4.79 Å². The van der Waals surface area contributed by atoms with Gasteiger partial charge < -0.3 is 11.1 Å². The summed E-state index contributed by atoms with van der Waals surface area (Å²) in [6.45, 7) is 3.27. The Morgan fingerprint density at radius 3 is 3.16 bits per heavy atom. The first kappa shape index (κ1) is 14.5. The molecule has 5 heteroatoms. The Morgan fingerprint density at radius 1 is 1.53 bits per heavy atom. The van der Waals surface area contributed by atoms with Gasteiger partial charge in [-0.25, -0.2) is 0 Å². The zero-order valence-electron chi connectivity index (χ0n) is 11.3. The van der Waals surface area contributed by atoms with Gasteiger partial charge in [-0.05, 0) is 30.8 Å². The van der Waals surface area contributed by atoms with Crippen molar-refractivity contribution in [3.8, 4) is 0 Å². The lowest BCUT2D eigenvalue weighted by molar-refractivity contribution is -0.121. The predicted octanol–water partition coefficient (Wildman–Crippen LogP) is 1.57. The highest BCUT2D eigenvalue weighted by molar-refractivity contribution is 7.09. The van der Waals surface area contributed by atoms with Gasteiger partial charge in [-0.15, -0.1) is 11.3 Å². The normalized spacial score (nSPS) is 20.4. The van der Waals surface area contributed by atoms with Crippen LogP contribution in [0.2, 0.25) is 0 Å². The average molecular weight is 281 g/mol. The van der Waals surface area contributed by atoms with Crippen LogP contribution in [-0.2, 0) is 11.3 Å².